The molecule has 0 unspecified atom stereocenters. The van der Waals surface area contributed by atoms with Gasteiger partial charge >= 0.3 is 0 Å². The number of rotatable bonds is 6. The van der Waals surface area contributed by atoms with Crippen molar-refractivity contribution in [3.05, 3.63) is 17.1 Å². The Bertz CT molecular complexity index is 617. The van der Waals surface area contributed by atoms with Crippen LogP contribution < -0.4 is 0 Å². The van der Waals surface area contributed by atoms with Crippen molar-refractivity contribution in [1.82, 2.24) is 19.1 Å². The first-order valence-corrected chi connectivity index (χ1v) is 10.8. The molecule has 4 rings (SSSR count). The van der Waals surface area contributed by atoms with Crippen LogP contribution in [0.2, 0.25) is 0 Å². The van der Waals surface area contributed by atoms with Crippen LogP contribution in [0.25, 0.3) is 0 Å². The minimum Gasteiger partial charge on any atom is -0.395 e. The van der Waals surface area contributed by atoms with Crippen molar-refractivity contribution >= 4 is 17.4 Å². The van der Waals surface area contributed by atoms with E-state index in [9.17, 15) is 4.79 Å². The number of fused-ring (bicyclic) bond motifs is 2. The monoisotopic (exact) mass is 378 g/mol. The van der Waals surface area contributed by atoms with Crippen LogP contribution in [0.1, 0.15) is 38.2 Å². The summed E-state index contributed by atoms with van der Waals surface area (Å²) in [5.41, 5.74) is 1.08. The zero-order valence-corrected chi connectivity index (χ0v) is 16.5. The molecule has 1 aromatic rings. The van der Waals surface area contributed by atoms with Gasteiger partial charge in [-0.15, -0.1) is 0 Å². The van der Waals surface area contributed by atoms with Crippen LogP contribution in [-0.4, -0.2) is 81.5 Å². The minimum absolute atomic E-state index is 0.197. The van der Waals surface area contributed by atoms with Crippen molar-refractivity contribution in [3.63, 3.8) is 0 Å². The predicted molar refractivity (Wildman–Crippen MR) is 102 cm³/mol. The van der Waals surface area contributed by atoms with Crippen molar-refractivity contribution in [2.24, 2.45) is 5.41 Å². The number of carbonyl (C=O) groups is 1. The Labute approximate surface area is 159 Å². The summed E-state index contributed by atoms with van der Waals surface area (Å²) in [4.78, 5) is 20.5. The van der Waals surface area contributed by atoms with Gasteiger partial charge in [-0.2, -0.15) is 0 Å². The van der Waals surface area contributed by atoms with Crippen LogP contribution in [-0.2, 0) is 11.3 Å². The fourth-order valence-electron chi connectivity index (χ4n) is 5.45. The second-order valence-corrected chi connectivity index (χ2v) is 8.68. The maximum atomic E-state index is 13.6. The average Bonchev–Trinajstić information content (AvgIpc) is 3.39. The molecule has 144 valence electrons. The number of amides is 1. The fourth-order valence-corrected chi connectivity index (χ4v) is 5.98. The molecule has 7 heteroatoms. The summed E-state index contributed by atoms with van der Waals surface area (Å²) in [5.74, 6) is 0.379. The van der Waals surface area contributed by atoms with E-state index in [1.165, 1.54) is 23.5 Å². The normalized spacial score (nSPS) is 32.5. The molecular weight excluding hydrogens is 348 g/mol. The number of piperazine rings is 1. The number of β-amino-alcohol motifs (C(OH)–C–C–N with tert-alkyl or cyclic N) is 1. The Morgan fingerprint density at radius 3 is 2.81 bits per heavy atom. The predicted octanol–water partition coefficient (Wildman–Crippen LogP) is 1.41. The Morgan fingerprint density at radius 2 is 2.15 bits per heavy atom. The first kappa shape index (κ1) is 18.3. The Balaban J connectivity index is 1.47. The van der Waals surface area contributed by atoms with E-state index < -0.39 is 0 Å². The summed E-state index contributed by atoms with van der Waals surface area (Å²) in [6, 6.07) is 0.917. The van der Waals surface area contributed by atoms with E-state index in [-0.39, 0.29) is 12.0 Å². The van der Waals surface area contributed by atoms with Gasteiger partial charge in [0.25, 0.3) is 0 Å². The van der Waals surface area contributed by atoms with Crippen LogP contribution >= 0.6 is 11.5 Å². The van der Waals surface area contributed by atoms with Gasteiger partial charge in [0.15, 0.2) is 0 Å². The van der Waals surface area contributed by atoms with Crippen molar-refractivity contribution in [2.75, 3.05) is 39.3 Å². The zero-order chi connectivity index (χ0) is 18.1. The first-order chi connectivity index (χ1) is 12.7. The zero-order valence-electron chi connectivity index (χ0n) is 15.6. The highest BCUT2D eigenvalue weighted by atomic mass is 32.1. The molecular formula is C19H30N4O2S. The van der Waals surface area contributed by atoms with Crippen molar-refractivity contribution in [2.45, 2.75) is 51.2 Å². The Morgan fingerprint density at radius 1 is 1.35 bits per heavy atom. The van der Waals surface area contributed by atoms with E-state index in [1.807, 2.05) is 6.20 Å². The maximum Gasteiger partial charge on any atom is 0.230 e. The van der Waals surface area contributed by atoms with Crippen LogP contribution in [0.3, 0.4) is 0 Å². The van der Waals surface area contributed by atoms with Crippen LogP contribution in [0.5, 0.6) is 0 Å². The van der Waals surface area contributed by atoms with E-state index in [4.69, 9.17) is 5.11 Å². The van der Waals surface area contributed by atoms with Crippen LogP contribution in [0.4, 0.5) is 0 Å². The number of nitrogens with zero attached hydrogens (tertiary/aromatic N) is 4. The molecule has 2 bridgehead atoms. The lowest BCUT2D eigenvalue weighted by atomic mass is 9.70. The second-order valence-electron chi connectivity index (χ2n) is 8.02. The number of hydrogen-bond donors (Lipinski definition) is 1. The second kappa shape index (κ2) is 7.54. The molecule has 1 N–H and O–H groups in total. The van der Waals surface area contributed by atoms with E-state index in [0.29, 0.717) is 24.5 Å². The largest absolute Gasteiger partial charge is 0.395 e. The van der Waals surface area contributed by atoms with Gasteiger partial charge in [0.2, 0.25) is 5.91 Å². The highest BCUT2D eigenvalue weighted by molar-refractivity contribution is 7.03. The van der Waals surface area contributed by atoms with E-state index >= 15 is 0 Å². The molecule has 3 aliphatic rings. The lowest BCUT2D eigenvalue weighted by Gasteiger charge is -2.42. The smallest absolute Gasteiger partial charge is 0.230 e. The highest BCUT2D eigenvalue weighted by Gasteiger charge is 2.59. The van der Waals surface area contributed by atoms with Gasteiger partial charge in [0, 0.05) is 62.9 Å². The summed E-state index contributed by atoms with van der Waals surface area (Å²) in [6.45, 7) is 7.40. The summed E-state index contributed by atoms with van der Waals surface area (Å²) in [7, 11) is 0. The molecule has 0 saturated carbocycles. The molecule has 3 fully saturated rings. The van der Waals surface area contributed by atoms with Gasteiger partial charge in [0.1, 0.15) is 0 Å². The third-order valence-electron chi connectivity index (χ3n) is 6.86. The summed E-state index contributed by atoms with van der Waals surface area (Å²) >= 11 is 1.51. The van der Waals surface area contributed by atoms with E-state index in [2.05, 4.69) is 31.4 Å². The number of aliphatic hydroxyl groups excluding tert-OH is 1. The molecule has 3 saturated heterocycles. The molecule has 0 spiro atoms. The van der Waals surface area contributed by atoms with Gasteiger partial charge in [0.05, 0.1) is 12.0 Å². The highest BCUT2D eigenvalue weighted by Crippen LogP contribution is 2.53. The molecule has 0 aromatic carbocycles. The minimum atomic E-state index is -0.203. The molecule has 0 aliphatic carbocycles. The SMILES string of the molecule is CC[C@@]1(C(=O)N2CCN(CCO)CC2)C[C@@H]2CC[C@H]1N2Cc1cnsc1. The molecule has 0 radical (unpaired) electrons. The Kier molecular flexibility index (Phi) is 5.32. The molecule has 1 amide bonds. The molecule has 1 aromatic heterocycles. The van der Waals surface area contributed by atoms with E-state index in [0.717, 1.165) is 52.0 Å². The van der Waals surface area contributed by atoms with Gasteiger partial charge < -0.3 is 10.0 Å². The Hall–Kier alpha value is -1.02. The van der Waals surface area contributed by atoms with Gasteiger partial charge in [-0.05, 0) is 42.8 Å². The molecule has 4 heterocycles. The average molecular weight is 379 g/mol. The number of carbonyl (C=O) groups excluding carboxylic acids is 1. The summed E-state index contributed by atoms with van der Waals surface area (Å²) < 4.78 is 4.24. The van der Waals surface area contributed by atoms with E-state index in [1.54, 1.807) is 0 Å². The molecule has 6 nitrogen and oxygen atoms in total. The molecule has 3 aliphatic heterocycles. The van der Waals surface area contributed by atoms with Gasteiger partial charge in [-0.1, -0.05) is 6.92 Å². The third-order valence-corrected chi connectivity index (χ3v) is 7.50. The lowest BCUT2D eigenvalue weighted by Crippen LogP contribution is -2.56. The van der Waals surface area contributed by atoms with Crippen molar-refractivity contribution < 1.29 is 9.90 Å². The summed E-state index contributed by atoms with van der Waals surface area (Å²) in [6.07, 6.45) is 6.29. The lowest BCUT2D eigenvalue weighted by molar-refractivity contribution is -0.146. The first-order valence-electron chi connectivity index (χ1n) is 9.94. The third kappa shape index (κ3) is 3.09. The van der Waals surface area contributed by atoms with Crippen molar-refractivity contribution in [3.8, 4) is 0 Å². The number of aliphatic hydroxyl groups is 1. The number of aromatic nitrogens is 1. The fraction of sp³-hybridized carbons (Fsp3) is 0.789. The quantitative estimate of drug-likeness (QED) is 0.811. The standard InChI is InChI=1S/C19H30N4O2S/c1-2-19(18(25)22-7-5-21(6-8-22)9-10-24)11-16-3-4-17(19)23(16)13-15-12-20-26-14-15/h12,14,16-17,24H,2-11,13H2,1H3/t16-,17+,19+/m0/s1. The van der Waals surface area contributed by atoms with Gasteiger partial charge in [-0.25, -0.2) is 4.37 Å². The number of hydrogen-bond acceptors (Lipinski definition) is 6. The molecule has 3 atom stereocenters. The molecule has 26 heavy (non-hydrogen) atoms. The van der Waals surface area contributed by atoms with Crippen LogP contribution in [0, 0.1) is 5.41 Å². The van der Waals surface area contributed by atoms with Crippen LogP contribution in [0.15, 0.2) is 11.6 Å². The van der Waals surface area contributed by atoms with Gasteiger partial charge in [-0.3, -0.25) is 14.6 Å². The van der Waals surface area contributed by atoms with Crippen molar-refractivity contribution in [1.29, 1.82) is 0 Å². The summed E-state index contributed by atoms with van der Waals surface area (Å²) in [5, 5.41) is 11.3. The maximum absolute atomic E-state index is 13.6. The topological polar surface area (TPSA) is 59.9 Å².